The number of ether oxygens (including phenoxy) is 1. The van der Waals surface area contributed by atoms with Crippen molar-refractivity contribution in [2.75, 3.05) is 6.61 Å². The highest BCUT2D eigenvalue weighted by Crippen LogP contribution is 1.70. The molecule has 0 aliphatic carbocycles. The molecule has 0 aromatic carbocycles. The Morgan fingerprint density at radius 2 is 2.57 bits per heavy atom. The summed E-state index contributed by atoms with van der Waals surface area (Å²) >= 11 is 0. The highest BCUT2D eigenvalue weighted by atomic mass is 16.5. The molecule has 0 aromatic rings. The lowest BCUT2D eigenvalue weighted by molar-refractivity contribution is -0.136. The fourth-order valence-corrected chi connectivity index (χ4v) is 0.167. The minimum atomic E-state index is -0.706. The summed E-state index contributed by atoms with van der Waals surface area (Å²) in [5, 5.41) is 0. The van der Waals surface area contributed by atoms with Crippen LogP contribution in [0.4, 0.5) is 0 Å². The van der Waals surface area contributed by atoms with Crippen LogP contribution in [0.5, 0.6) is 0 Å². The van der Waals surface area contributed by atoms with Crippen LogP contribution in [0.15, 0.2) is 0 Å². The summed E-state index contributed by atoms with van der Waals surface area (Å²) in [5.74, 6) is 0.849. The molecule has 0 amide bonds. The van der Waals surface area contributed by atoms with Crippen molar-refractivity contribution in [2.24, 2.45) is 0 Å². The molecular weight excluding hydrogens is 92.1 g/mol. The molecule has 0 heterocycles. The second-order valence-corrected chi connectivity index (χ2v) is 0.845. The van der Waals surface area contributed by atoms with Gasteiger partial charge in [0, 0.05) is 5.92 Å². The summed E-state index contributed by atoms with van der Waals surface area (Å²) < 4.78 is 4.25. The van der Waals surface area contributed by atoms with Gasteiger partial charge in [-0.15, -0.1) is 0 Å². The molecule has 0 unspecified atom stereocenters. The molecule has 0 fully saturated rings. The molecule has 0 N–H and O–H groups in total. The van der Waals surface area contributed by atoms with Crippen molar-refractivity contribution in [1.29, 1.82) is 0 Å². The molecule has 2 nitrogen and oxygen atoms in total. The van der Waals surface area contributed by atoms with Crippen molar-refractivity contribution in [1.82, 2.24) is 0 Å². The van der Waals surface area contributed by atoms with Crippen molar-refractivity contribution in [3.63, 3.8) is 0 Å². The maximum atomic E-state index is 9.89. The highest BCUT2D eigenvalue weighted by molar-refractivity contribution is 5.86. The predicted molar refractivity (Wildman–Crippen MR) is 23.8 cm³/mol. The molecule has 0 rings (SSSR count). The van der Waals surface area contributed by atoms with E-state index in [1.54, 1.807) is 12.8 Å². The van der Waals surface area contributed by atoms with Gasteiger partial charge in [0.2, 0.25) is 0 Å². The Morgan fingerprint density at radius 1 is 2.00 bits per heavy atom. The third-order valence-electron chi connectivity index (χ3n) is 0.377. The summed E-state index contributed by atoms with van der Waals surface area (Å²) in [7, 11) is 0. The second-order valence-electron chi connectivity index (χ2n) is 0.845. The van der Waals surface area contributed by atoms with Gasteiger partial charge in [-0.2, -0.15) is 0 Å². The summed E-state index contributed by atoms with van der Waals surface area (Å²) in [5.41, 5.74) is 0. The first-order chi connectivity index (χ1) is 3.31. The number of rotatable bonds is 1. The molecule has 2 heteroatoms. The van der Waals surface area contributed by atoms with Crippen molar-refractivity contribution < 1.29 is 9.53 Å². The Hall–Kier alpha value is -0.970. The van der Waals surface area contributed by atoms with Crippen LogP contribution in [0, 0.1) is 12.3 Å². The molecule has 0 bridgehead atoms. The smallest absolute Gasteiger partial charge is 0.385 e. The van der Waals surface area contributed by atoms with E-state index >= 15 is 0 Å². The van der Waals surface area contributed by atoms with E-state index in [1.807, 2.05) is 0 Å². The van der Waals surface area contributed by atoms with Crippen molar-refractivity contribution in [3.8, 4) is 5.92 Å². The Kier molecular flexibility index (Phi) is 2.78. The van der Waals surface area contributed by atoms with Gasteiger partial charge >= 0.3 is 5.97 Å². The maximum absolute atomic E-state index is 9.89. The number of carbonyl (C=O) groups excluding carboxylic acids is 1. The quantitative estimate of drug-likeness (QED) is 0.343. The van der Waals surface area contributed by atoms with Crippen LogP contribution >= 0.6 is 0 Å². The fraction of sp³-hybridized carbons (Fsp3) is 0.400. The molecule has 0 aromatic heterocycles. The average molecular weight is 97.1 g/mol. The molecule has 0 saturated carbocycles. The minimum absolute atomic E-state index is 0.310. The Morgan fingerprint density at radius 3 is 2.71 bits per heavy atom. The molecule has 0 aliphatic heterocycles. The van der Waals surface area contributed by atoms with Crippen molar-refractivity contribution in [2.45, 2.75) is 6.92 Å². The Labute approximate surface area is 42.5 Å². The van der Waals surface area contributed by atoms with Crippen molar-refractivity contribution in [3.05, 3.63) is 6.42 Å². The first kappa shape index (κ1) is 6.03. The number of hydrogen-bond acceptors (Lipinski definition) is 2. The molecule has 0 aliphatic rings. The Bertz CT molecular complexity index is 99.1. The molecule has 1 radical (unpaired) electrons. The van der Waals surface area contributed by atoms with Crippen LogP contribution in [0.3, 0.4) is 0 Å². The van der Waals surface area contributed by atoms with Gasteiger partial charge in [-0.1, -0.05) is 0 Å². The van der Waals surface area contributed by atoms with Crippen LogP contribution in [-0.2, 0) is 9.53 Å². The van der Waals surface area contributed by atoms with E-state index in [4.69, 9.17) is 6.42 Å². The lowest BCUT2D eigenvalue weighted by atomic mass is 10.7. The van der Waals surface area contributed by atoms with Gasteiger partial charge in [-0.25, -0.2) is 4.79 Å². The van der Waals surface area contributed by atoms with Crippen LogP contribution < -0.4 is 0 Å². The van der Waals surface area contributed by atoms with Crippen LogP contribution in [-0.4, -0.2) is 12.6 Å². The first-order valence-electron chi connectivity index (χ1n) is 1.90. The lowest BCUT2D eigenvalue weighted by Gasteiger charge is -1.88. The predicted octanol–water partition coefficient (Wildman–Crippen LogP) is 0.139. The molecule has 7 heavy (non-hydrogen) atoms. The molecular formula is C5H5O2. The standard InChI is InChI=1S/C5H5O2/c1-3-5(6)7-4-2/h4H2,2H3. The van der Waals surface area contributed by atoms with E-state index in [2.05, 4.69) is 4.74 Å². The summed E-state index contributed by atoms with van der Waals surface area (Å²) in [4.78, 5) is 9.89. The van der Waals surface area contributed by atoms with Crippen LogP contribution in [0.25, 0.3) is 0 Å². The van der Waals surface area contributed by atoms with Gasteiger partial charge < -0.3 is 4.74 Å². The minimum Gasteiger partial charge on any atom is -0.456 e. The van der Waals surface area contributed by atoms with Gasteiger partial charge in [-0.3, -0.25) is 0 Å². The molecule has 0 saturated heterocycles. The van der Waals surface area contributed by atoms with Gasteiger partial charge in [0.25, 0.3) is 0 Å². The molecule has 0 atom stereocenters. The monoisotopic (exact) mass is 97.0 g/mol. The van der Waals surface area contributed by atoms with Crippen molar-refractivity contribution >= 4 is 5.97 Å². The zero-order valence-electron chi connectivity index (χ0n) is 4.02. The Balaban J connectivity index is 3.24. The van der Waals surface area contributed by atoms with Crippen LogP contribution in [0.1, 0.15) is 6.92 Å². The zero-order chi connectivity index (χ0) is 5.70. The third kappa shape index (κ3) is 2.84. The van der Waals surface area contributed by atoms with E-state index in [9.17, 15) is 4.79 Å². The normalized spacial score (nSPS) is 6.86. The topological polar surface area (TPSA) is 26.3 Å². The van der Waals surface area contributed by atoms with E-state index in [1.165, 1.54) is 0 Å². The number of hydrogen-bond donors (Lipinski definition) is 0. The average Bonchev–Trinajstić information content (AvgIpc) is 1.68. The fourth-order valence-electron chi connectivity index (χ4n) is 0.167. The van der Waals surface area contributed by atoms with Crippen LogP contribution in [0.2, 0.25) is 0 Å². The SMILES string of the molecule is [C]#CC(=O)OCC. The number of carbonyl (C=O) groups is 1. The summed E-state index contributed by atoms with van der Waals surface area (Å²) in [6, 6.07) is 0. The number of esters is 1. The van der Waals surface area contributed by atoms with E-state index in [-0.39, 0.29) is 0 Å². The summed E-state index contributed by atoms with van der Waals surface area (Å²) in [6.07, 6.45) is 6.19. The van der Waals surface area contributed by atoms with E-state index < -0.39 is 5.97 Å². The second kappa shape index (κ2) is 3.23. The molecule has 37 valence electrons. The third-order valence-corrected chi connectivity index (χ3v) is 0.377. The van der Waals surface area contributed by atoms with E-state index in [0.29, 0.717) is 6.61 Å². The highest BCUT2D eigenvalue weighted by Gasteiger charge is 1.88. The first-order valence-corrected chi connectivity index (χ1v) is 1.90. The molecule has 0 spiro atoms. The van der Waals surface area contributed by atoms with E-state index in [0.717, 1.165) is 0 Å². The zero-order valence-corrected chi connectivity index (χ0v) is 4.02. The van der Waals surface area contributed by atoms with Gasteiger partial charge in [0.05, 0.1) is 6.61 Å². The van der Waals surface area contributed by atoms with Gasteiger partial charge in [0.1, 0.15) is 0 Å². The summed E-state index contributed by atoms with van der Waals surface area (Å²) in [6.45, 7) is 1.99. The van der Waals surface area contributed by atoms with Gasteiger partial charge in [-0.05, 0) is 13.3 Å². The lowest BCUT2D eigenvalue weighted by Crippen LogP contribution is -1.98. The largest absolute Gasteiger partial charge is 0.456 e. The van der Waals surface area contributed by atoms with Gasteiger partial charge in [0.15, 0.2) is 0 Å². The maximum Gasteiger partial charge on any atom is 0.385 e.